The van der Waals surface area contributed by atoms with Gasteiger partial charge < -0.3 is 0 Å². The number of nitrogens with zero attached hydrogens (tertiary/aromatic N) is 3. The number of benzene rings is 7. The molecule has 0 radical (unpaired) electrons. The number of aromatic nitrogens is 2. The third-order valence-electron chi connectivity index (χ3n) is 10.4. The number of imidazole rings is 1. The van der Waals surface area contributed by atoms with E-state index in [1.54, 1.807) is 0 Å². The second kappa shape index (κ2) is 14.3. The Kier molecular flexibility index (Phi) is 8.74. The van der Waals surface area contributed by atoms with E-state index < -0.39 is 0 Å². The molecule has 0 spiro atoms. The molecule has 0 aliphatic rings. The van der Waals surface area contributed by atoms with Crippen LogP contribution in [0.5, 0.6) is 0 Å². The zero-order valence-electron chi connectivity index (χ0n) is 30.4. The normalized spacial score (nSPS) is 12.3. The van der Waals surface area contributed by atoms with Gasteiger partial charge >= 0.3 is 0 Å². The van der Waals surface area contributed by atoms with Crippen molar-refractivity contribution in [3.8, 4) is 44.8 Å². The summed E-state index contributed by atoms with van der Waals surface area (Å²) in [7, 11) is 0. The topological polar surface area (TPSA) is 29.7 Å². The minimum absolute atomic E-state index is 0.125. The molecule has 0 saturated heterocycles. The van der Waals surface area contributed by atoms with Gasteiger partial charge in [-0.15, -0.1) is 0 Å². The van der Waals surface area contributed by atoms with E-state index in [-0.39, 0.29) is 6.04 Å². The summed E-state index contributed by atoms with van der Waals surface area (Å²) in [6, 6.07) is 66.6. The highest BCUT2D eigenvalue weighted by atomic mass is 15.0. The zero-order valence-corrected chi connectivity index (χ0v) is 30.4. The standard InChI is InChI=1S/C51H39N3/c1-35-46-26-13-12-19-38(46)28-29-47(35)49(39-20-8-4-9-21-39)52-36(2)43-32-44(37-17-6-3-7-18-37)34-45(33-43)41-24-16-25-42(31-41)50-51(40-22-10-5-11-23-40)54-30-15-14-27-48(54)53-50/h3-34,36H,1-2H3/b52-49-. The second-order valence-corrected chi connectivity index (χ2v) is 13.9. The summed E-state index contributed by atoms with van der Waals surface area (Å²) in [5.41, 5.74) is 15.4. The Morgan fingerprint density at radius 3 is 1.93 bits per heavy atom. The van der Waals surface area contributed by atoms with Gasteiger partial charge in [0.15, 0.2) is 0 Å². The van der Waals surface area contributed by atoms with Crippen molar-refractivity contribution >= 4 is 22.1 Å². The molecule has 0 aliphatic carbocycles. The smallest absolute Gasteiger partial charge is 0.137 e. The summed E-state index contributed by atoms with van der Waals surface area (Å²) in [6.45, 7) is 4.43. The third kappa shape index (κ3) is 6.31. The first-order valence-electron chi connectivity index (χ1n) is 18.6. The van der Waals surface area contributed by atoms with Crippen molar-refractivity contribution < 1.29 is 0 Å². The van der Waals surface area contributed by atoms with E-state index in [4.69, 9.17) is 9.98 Å². The van der Waals surface area contributed by atoms with Gasteiger partial charge in [0, 0.05) is 28.5 Å². The van der Waals surface area contributed by atoms with E-state index in [2.05, 4.69) is 206 Å². The first-order valence-corrected chi connectivity index (χ1v) is 18.6. The molecule has 0 N–H and O–H groups in total. The van der Waals surface area contributed by atoms with Gasteiger partial charge in [0.2, 0.25) is 0 Å². The van der Waals surface area contributed by atoms with Crippen LogP contribution in [0.3, 0.4) is 0 Å². The van der Waals surface area contributed by atoms with Crippen molar-refractivity contribution in [3.05, 3.63) is 217 Å². The van der Waals surface area contributed by atoms with Crippen molar-refractivity contribution in [2.75, 3.05) is 0 Å². The number of pyridine rings is 1. The van der Waals surface area contributed by atoms with Gasteiger partial charge in [-0.2, -0.15) is 0 Å². The summed E-state index contributed by atoms with van der Waals surface area (Å²) in [6.07, 6.45) is 2.10. The highest BCUT2D eigenvalue weighted by molar-refractivity contribution is 6.15. The van der Waals surface area contributed by atoms with Gasteiger partial charge in [0.25, 0.3) is 0 Å². The predicted octanol–water partition coefficient (Wildman–Crippen LogP) is 13.1. The van der Waals surface area contributed by atoms with Gasteiger partial charge in [-0.3, -0.25) is 9.39 Å². The Labute approximate surface area is 316 Å². The lowest BCUT2D eigenvalue weighted by atomic mass is 9.91. The molecular weight excluding hydrogens is 655 g/mol. The van der Waals surface area contributed by atoms with E-state index >= 15 is 0 Å². The molecule has 9 rings (SSSR count). The third-order valence-corrected chi connectivity index (χ3v) is 10.4. The highest BCUT2D eigenvalue weighted by Gasteiger charge is 2.19. The Hall–Kier alpha value is -6.84. The molecule has 1 unspecified atom stereocenters. The van der Waals surface area contributed by atoms with E-state index in [0.29, 0.717) is 0 Å². The minimum Gasteiger partial charge on any atom is -0.299 e. The SMILES string of the molecule is Cc1c(/C(=N\C(C)c2cc(-c3ccccc3)cc(-c3cccc(-c4nc5ccccn5c4-c4ccccc4)c3)c2)c2ccccc2)ccc2ccccc12. The van der Waals surface area contributed by atoms with Crippen LogP contribution in [-0.2, 0) is 0 Å². The molecule has 2 heterocycles. The van der Waals surface area contributed by atoms with Crippen LogP contribution in [0.1, 0.15) is 35.2 Å². The molecule has 7 aromatic carbocycles. The van der Waals surface area contributed by atoms with Gasteiger partial charge in [-0.05, 0) is 94.4 Å². The largest absolute Gasteiger partial charge is 0.299 e. The molecule has 0 fully saturated rings. The molecule has 0 saturated carbocycles. The first kappa shape index (κ1) is 33.0. The lowest BCUT2D eigenvalue weighted by molar-refractivity contribution is 0.821. The van der Waals surface area contributed by atoms with Gasteiger partial charge in [0.05, 0.1) is 23.1 Å². The number of fused-ring (bicyclic) bond motifs is 2. The summed E-state index contributed by atoms with van der Waals surface area (Å²) >= 11 is 0. The molecule has 54 heavy (non-hydrogen) atoms. The minimum atomic E-state index is -0.125. The lowest BCUT2D eigenvalue weighted by Crippen LogP contribution is -2.08. The molecular formula is C51H39N3. The molecule has 1 atom stereocenters. The van der Waals surface area contributed by atoms with Crippen molar-refractivity contribution in [1.29, 1.82) is 0 Å². The molecule has 3 nitrogen and oxygen atoms in total. The van der Waals surface area contributed by atoms with Crippen LogP contribution in [0.15, 0.2) is 199 Å². The van der Waals surface area contributed by atoms with E-state index in [1.807, 2.05) is 6.07 Å². The average molecular weight is 694 g/mol. The number of rotatable bonds is 8. The van der Waals surface area contributed by atoms with Crippen molar-refractivity contribution in [1.82, 2.24) is 9.38 Å². The quantitative estimate of drug-likeness (QED) is 0.146. The molecule has 9 aromatic rings. The second-order valence-electron chi connectivity index (χ2n) is 13.9. The molecule has 2 aromatic heterocycles. The fourth-order valence-electron chi connectivity index (χ4n) is 7.62. The van der Waals surface area contributed by atoms with Crippen LogP contribution in [0.2, 0.25) is 0 Å². The number of aliphatic imine (C=N–C) groups is 1. The first-order chi connectivity index (χ1) is 26.6. The van der Waals surface area contributed by atoms with Gasteiger partial charge in [-0.25, -0.2) is 4.98 Å². The van der Waals surface area contributed by atoms with Crippen LogP contribution in [0.25, 0.3) is 61.2 Å². The van der Waals surface area contributed by atoms with E-state index in [9.17, 15) is 0 Å². The molecule has 3 heteroatoms. The number of aryl methyl sites for hydroxylation is 1. The van der Waals surface area contributed by atoms with Crippen molar-refractivity contribution in [2.45, 2.75) is 19.9 Å². The lowest BCUT2D eigenvalue weighted by Gasteiger charge is -2.18. The molecule has 0 aliphatic heterocycles. The van der Waals surface area contributed by atoms with Crippen LogP contribution < -0.4 is 0 Å². The molecule has 0 amide bonds. The van der Waals surface area contributed by atoms with Gasteiger partial charge in [0.1, 0.15) is 5.65 Å². The number of hydrogen-bond acceptors (Lipinski definition) is 2. The Balaban J connectivity index is 1.19. The maximum Gasteiger partial charge on any atom is 0.137 e. The van der Waals surface area contributed by atoms with Crippen LogP contribution >= 0.6 is 0 Å². The molecule has 0 bridgehead atoms. The Morgan fingerprint density at radius 2 is 1.15 bits per heavy atom. The highest BCUT2D eigenvalue weighted by Crippen LogP contribution is 2.37. The predicted molar refractivity (Wildman–Crippen MR) is 226 cm³/mol. The van der Waals surface area contributed by atoms with Gasteiger partial charge in [-0.1, -0.05) is 152 Å². The summed E-state index contributed by atoms with van der Waals surface area (Å²) in [5, 5.41) is 2.49. The van der Waals surface area contributed by atoms with Crippen molar-refractivity contribution in [3.63, 3.8) is 0 Å². The zero-order chi connectivity index (χ0) is 36.4. The van der Waals surface area contributed by atoms with Crippen LogP contribution in [0.4, 0.5) is 0 Å². The summed E-state index contributed by atoms with van der Waals surface area (Å²) in [4.78, 5) is 10.7. The fourth-order valence-corrected chi connectivity index (χ4v) is 7.62. The average Bonchev–Trinajstić information content (AvgIpc) is 3.64. The van der Waals surface area contributed by atoms with E-state index in [1.165, 1.54) is 21.9 Å². The maximum absolute atomic E-state index is 5.56. The number of hydrogen-bond donors (Lipinski definition) is 0. The molecule has 258 valence electrons. The summed E-state index contributed by atoms with van der Waals surface area (Å²) < 4.78 is 2.19. The summed E-state index contributed by atoms with van der Waals surface area (Å²) in [5.74, 6) is 0. The fraction of sp³-hybridized carbons (Fsp3) is 0.0588. The monoisotopic (exact) mass is 693 g/mol. The Morgan fingerprint density at radius 1 is 0.537 bits per heavy atom. The van der Waals surface area contributed by atoms with Crippen LogP contribution in [-0.4, -0.2) is 15.1 Å². The Bertz CT molecular complexity index is 2780. The van der Waals surface area contributed by atoms with Crippen LogP contribution in [0, 0.1) is 6.92 Å². The maximum atomic E-state index is 5.56. The van der Waals surface area contributed by atoms with E-state index in [0.717, 1.165) is 67.3 Å². The van der Waals surface area contributed by atoms with Crippen molar-refractivity contribution in [2.24, 2.45) is 4.99 Å².